The normalized spacial score (nSPS) is 13.0. The molecule has 0 unspecified atom stereocenters. The van der Waals surface area contributed by atoms with Crippen LogP contribution < -0.4 is 11.4 Å². The Balaban J connectivity index is 2.41. The van der Waals surface area contributed by atoms with E-state index in [9.17, 15) is 5.11 Å². The lowest BCUT2D eigenvalue weighted by atomic mass is 10.1. The molecule has 134 valence electrons. The average molecular weight is 394 g/mol. The van der Waals surface area contributed by atoms with Gasteiger partial charge in [-0.3, -0.25) is 4.94 Å². The van der Waals surface area contributed by atoms with E-state index in [0.29, 0.717) is 28.1 Å². The number of halogens is 2. The molecule has 0 radical (unpaired) electrons. The second kappa shape index (κ2) is 10.1. The Morgan fingerprint density at radius 3 is 2.58 bits per heavy atom. The van der Waals surface area contributed by atoms with E-state index in [1.807, 2.05) is 0 Å². The highest BCUT2D eigenvalue weighted by Gasteiger charge is 2.15. The van der Waals surface area contributed by atoms with Gasteiger partial charge in [0.25, 0.3) is 0 Å². The Labute approximate surface area is 155 Å². The first kappa shape index (κ1) is 21.0. The molecule has 0 saturated carbocycles. The van der Waals surface area contributed by atoms with Crippen LogP contribution in [0.25, 0.3) is 0 Å². The molecule has 1 aromatic rings. The first-order chi connectivity index (χ1) is 11.2. The van der Waals surface area contributed by atoms with Crippen LogP contribution >= 0.6 is 35.0 Å². The van der Waals surface area contributed by atoms with E-state index >= 15 is 0 Å². The fourth-order valence-corrected chi connectivity index (χ4v) is 2.91. The Morgan fingerprint density at radius 2 is 2.04 bits per heavy atom. The molecule has 0 amide bonds. The molecule has 0 bridgehead atoms. The van der Waals surface area contributed by atoms with Gasteiger partial charge >= 0.3 is 0 Å². The molecule has 4 N–H and O–H groups in total. The summed E-state index contributed by atoms with van der Waals surface area (Å²) in [6, 6.07) is 5.24. The number of hydrogen-bond donors (Lipinski definition) is 3. The molecule has 0 fully saturated rings. The fourth-order valence-electron chi connectivity index (χ4n) is 1.82. The molecule has 0 atom stereocenters. The Hall–Kier alpha value is -1.03. The lowest BCUT2D eigenvalue weighted by Gasteiger charge is -2.23. The first-order valence-corrected chi connectivity index (χ1v) is 8.58. The van der Waals surface area contributed by atoms with Gasteiger partial charge in [-0.2, -0.15) is 5.10 Å². The highest BCUT2D eigenvalue weighted by atomic mass is 35.5. The van der Waals surface area contributed by atoms with Crippen molar-refractivity contribution in [3.8, 4) is 0 Å². The van der Waals surface area contributed by atoms with Gasteiger partial charge in [-0.05, 0) is 37.6 Å². The number of rotatable bonds is 8. The van der Waals surface area contributed by atoms with E-state index in [0.717, 1.165) is 5.56 Å². The predicted octanol–water partition coefficient (Wildman–Crippen LogP) is 2.62. The molecule has 7 nitrogen and oxygen atoms in total. The second-order valence-corrected chi connectivity index (χ2v) is 7.45. The number of benzene rings is 1. The number of nitrogens with zero attached hydrogens (tertiary/aromatic N) is 3. The molecule has 0 heterocycles. The van der Waals surface area contributed by atoms with Crippen molar-refractivity contribution >= 4 is 45.6 Å². The van der Waals surface area contributed by atoms with Crippen molar-refractivity contribution in [3.05, 3.63) is 33.8 Å². The van der Waals surface area contributed by atoms with E-state index < -0.39 is 5.60 Å². The maximum absolute atomic E-state index is 9.65. The van der Waals surface area contributed by atoms with E-state index in [1.54, 1.807) is 44.1 Å². The molecule has 0 saturated heterocycles. The topological polar surface area (TPSA) is 95.5 Å². The highest BCUT2D eigenvalue weighted by Crippen LogP contribution is 2.20. The minimum atomic E-state index is -0.846. The van der Waals surface area contributed by atoms with Crippen molar-refractivity contribution in [2.24, 2.45) is 16.1 Å². The zero-order valence-corrected chi connectivity index (χ0v) is 16.0. The number of nitrogens with one attached hydrogen (secondary N) is 1. The van der Waals surface area contributed by atoms with E-state index in [4.69, 9.17) is 34.0 Å². The standard InChI is InChI=1S/C14H21Cl2N5O2S/c1-14(2,22)8-21(3)20-23-18-9-24-13(19-17)6-10-4-11(15)7-12(16)5-10/h4-5,7,9,20,22H,6,8,17H2,1-3H3/b18-9+,19-13-. The summed E-state index contributed by atoms with van der Waals surface area (Å²) in [5, 5.41) is 20.4. The molecule has 1 aromatic carbocycles. The molecular weight excluding hydrogens is 373 g/mol. The quantitative estimate of drug-likeness (QED) is 0.272. The highest BCUT2D eigenvalue weighted by molar-refractivity contribution is 8.25. The van der Waals surface area contributed by atoms with Gasteiger partial charge in [0, 0.05) is 30.1 Å². The van der Waals surface area contributed by atoms with Crippen LogP contribution in [0, 0.1) is 0 Å². The molecule has 0 aliphatic heterocycles. The third-order valence-electron chi connectivity index (χ3n) is 2.53. The van der Waals surface area contributed by atoms with Crippen LogP contribution in [0.5, 0.6) is 0 Å². The van der Waals surface area contributed by atoms with Crippen LogP contribution in [0.4, 0.5) is 0 Å². The van der Waals surface area contributed by atoms with Crippen molar-refractivity contribution in [2.75, 3.05) is 13.6 Å². The number of nitrogens with two attached hydrogens (primary N) is 1. The van der Waals surface area contributed by atoms with Crippen LogP contribution in [0.15, 0.2) is 28.5 Å². The van der Waals surface area contributed by atoms with Gasteiger partial charge in [0.1, 0.15) is 10.6 Å². The third-order valence-corrected chi connectivity index (χ3v) is 3.68. The fraction of sp³-hybridized carbons (Fsp3) is 0.429. The van der Waals surface area contributed by atoms with Gasteiger partial charge in [0.15, 0.2) is 0 Å². The molecule has 0 aliphatic carbocycles. The Kier molecular flexibility index (Phi) is 8.82. The third kappa shape index (κ3) is 9.31. The van der Waals surface area contributed by atoms with Crippen molar-refractivity contribution in [1.29, 1.82) is 0 Å². The monoisotopic (exact) mass is 393 g/mol. The maximum atomic E-state index is 9.65. The zero-order valence-electron chi connectivity index (χ0n) is 13.7. The van der Waals surface area contributed by atoms with Crippen molar-refractivity contribution in [1.82, 2.24) is 10.6 Å². The largest absolute Gasteiger partial charge is 0.389 e. The number of hydrazine groups is 1. The Bertz CT molecular complexity index is 573. The van der Waals surface area contributed by atoms with Gasteiger partial charge in [-0.1, -0.05) is 45.7 Å². The number of hydrogen-bond acceptors (Lipinski definition) is 8. The van der Waals surface area contributed by atoms with Crippen molar-refractivity contribution in [3.63, 3.8) is 0 Å². The summed E-state index contributed by atoms with van der Waals surface area (Å²) in [4.78, 5) is 4.90. The SMILES string of the molecule is CN(CC(C)(C)O)NO/N=C/S/C(Cc1cc(Cl)cc(Cl)c1)=N\N. The number of oxime groups is 1. The zero-order chi connectivity index (χ0) is 18.2. The number of hydrazone groups is 1. The van der Waals surface area contributed by atoms with E-state index in [1.165, 1.54) is 17.3 Å². The molecule has 0 aliphatic rings. The minimum Gasteiger partial charge on any atom is -0.389 e. The van der Waals surface area contributed by atoms with Crippen LogP contribution in [-0.2, 0) is 11.4 Å². The van der Waals surface area contributed by atoms with Crippen molar-refractivity contribution < 1.29 is 10.0 Å². The number of aliphatic hydroxyl groups is 1. The summed E-state index contributed by atoms with van der Waals surface area (Å²) in [6.45, 7) is 3.74. The summed E-state index contributed by atoms with van der Waals surface area (Å²) in [5.41, 5.74) is 4.04. The minimum absolute atomic E-state index is 0.362. The van der Waals surface area contributed by atoms with E-state index in [2.05, 4.69) is 15.8 Å². The second-order valence-electron chi connectivity index (χ2n) is 5.66. The van der Waals surface area contributed by atoms with Gasteiger partial charge in [-0.25, -0.2) is 5.01 Å². The number of thioether (sulfide) groups is 1. The van der Waals surface area contributed by atoms with Crippen LogP contribution in [0.3, 0.4) is 0 Å². The average Bonchev–Trinajstić information content (AvgIpc) is 2.42. The van der Waals surface area contributed by atoms with Crippen LogP contribution in [0.1, 0.15) is 19.4 Å². The van der Waals surface area contributed by atoms with Crippen molar-refractivity contribution in [2.45, 2.75) is 25.9 Å². The molecule has 1 rings (SSSR count). The first-order valence-electron chi connectivity index (χ1n) is 6.95. The van der Waals surface area contributed by atoms with Crippen LogP contribution in [-0.4, -0.2) is 39.9 Å². The van der Waals surface area contributed by atoms with Gasteiger partial charge in [0.05, 0.1) is 5.60 Å². The Morgan fingerprint density at radius 1 is 1.42 bits per heavy atom. The molecule has 0 spiro atoms. The molecule has 10 heteroatoms. The van der Waals surface area contributed by atoms with E-state index in [-0.39, 0.29) is 0 Å². The maximum Gasteiger partial charge on any atom is 0.108 e. The number of likely N-dealkylation sites (N-methyl/N-ethyl adjacent to an activating group) is 1. The molecule has 24 heavy (non-hydrogen) atoms. The summed E-state index contributed by atoms with van der Waals surface area (Å²) < 4.78 is 0. The smallest absolute Gasteiger partial charge is 0.108 e. The van der Waals surface area contributed by atoms with Gasteiger partial charge in [-0.15, -0.1) is 0 Å². The van der Waals surface area contributed by atoms with Crippen LogP contribution in [0.2, 0.25) is 10.0 Å². The lowest BCUT2D eigenvalue weighted by Crippen LogP contribution is -2.43. The summed E-state index contributed by atoms with van der Waals surface area (Å²) in [6.07, 6.45) is 0.472. The van der Waals surface area contributed by atoms with Gasteiger partial charge in [0.2, 0.25) is 0 Å². The lowest BCUT2D eigenvalue weighted by molar-refractivity contribution is -0.0950. The summed E-state index contributed by atoms with van der Waals surface area (Å²) in [5.74, 6) is 5.38. The summed E-state index contributed by atoms with van der Waals surface area (Å²) in [7, 11) is 1.72. The molecular formula is C14H21Cl2N5O2S. The predicted molar refractivity (Wildman–Crippen MR) is 101 cm³/mol. The molecule has 0 aromatic heterocycles. The summed E-state index contributed by atoms with van der Waals surface area (Å²) >= 11 is 13.1. The van der Waals surface area contributed by atoms with Gasteiger partial charge < -0.3 is 10.9 Å².